The van der Waals surface area contributed by atoms with E-state index in [-0.39, 0.29) is 46.0 Å². The van der Waals surface area contributed by atoms with Crippen molar-refractivity contribution < 1.29 is 24.3 Å². The Hall–Kier alpha value is -3.17. The molecule has 32 heavy (non-hydrogen) atoms. The molecule has 1 aliphatic carbocycles. The molecule has 2 N–H and O–H groups in total. The Morgan fingerprint density at radius 2 is 2.16 bits per heavy atom. The molecule has 1 aliphatic heterocycles. The van der Waals surface area contributed by atoms with Gasteiger partial charge in [0.25, 0.3) is 0 Å². The van der Waals surface area contributed by atoms with Gasteiger partial charge in [0.2, 0.25) is 6.04 Å². The summed E-state index contributed by atoms with van der Waals surface area (Å²) in [5, 5.41) is 32.4. The van der Waals surface area contributed by atoms with Crippen LogP contribution in [0.5, 0.6) is 11.5 Å². The van der Waals surface area contributed by atoms with Crippen LogP contribution in [0.15, 0.2) is 45.1 Å². The smallest absolute Gasteiger partial charge is 0.235 e. The van der Waals surface area contributed by atoms with Crippen molar-refractivity contribution in [3.05, 3.63) is 67.6 Å². The number of piperidine rings is 1. The van der Waals surface area contributed by atoms with Crippen molar-refractivity contribution in [2.24, 2.45) is 0 Å². The number of aromatic hydroxyl groups is 1. The van der Waals surface area contributed by atoms with Crippen molar-refractivity contribution >= 4 is 11.0 Å². The lowest BCUT2D eigenvalue weighted by atomic mass is 9.85. The summed E-state index contributed by atoms with van der Waals surface area (Å²) in [5.41, 5.74) is 1.19. The third-order valence-electron chi connectivity index (χ3n) is 6.08. The average molecular weight is 442 g/mol. The van der Waals surface area contributed by atoms with Crippen LogP contribution in [0.2, 0.25) is 0 Å². The summed E-state index contributed by atoms with van der Waals surface area (Å²) in [6.07, 6.45) is 5.14. The zero-order valence-corrected chi connectivity index (χ0v) is 18.0. The molecule has 9 nitrogen and oxygen atoms in total. The van der Waals surface area contributed by atoms with E-state index >= 15 is 0 Å². The van der Waals surface area contributed by atoms with Crippen molar-refractivity contribution in [2.45, 2.75) is 37.8 Å². The molecule has 170 valence electrons. The minimum atomic E-state index is -0.745. The van der Waals surface area contributed by atoms with Gasteiger partial charge in [-0.3, -0.25) is 14.9 Å². The molecule has 1 aromatic heterocycles. The van der Waals surface area contributed by atoms with E-state index in [1.54, 1.807) is 19.1 Å². The number of aryl methyl sites for hydroxylation is 1. The number of hydrogen-bond acceptors (Lipinski definition) is 8. The predicted molar refractivity (Wildman–Crippen MR) is 118 cm³/mol. The number of rotatable bonds is 5. The maximum absolute atomic E-state index is 12.6. The highest BCUT2D eigenvalue weighted by molar-refractivity contribution is 5.88. The van der Waals surface area contributed by atoms with E-state index in [9.17, 15) is 25.1 Å². The number of fused-ring (bicyclic) bond motifs is 1. The van der Waals surface area contributed by atoms with Gasteiger partial charge in [-0.25, -0.2) is 0 Å². The summed E-state index contributed by atoms with van der Waals surface area (Å²) in [6.45, 7) is 2.98. The first-order valence-electron chi connectivity index (χ1n) is 10.5. The molecular weight excluding hydrogens is 416 g/mol. The number of likely N-dealkylation sites (N-methyl/N-ethyl adjacent to an activating group) is 1. The van der Waals surface area contributed by atoms with Crippen LogP contribution in [0, 0.1) is 17.0 Å². The molecule has 3 atom stereocenters. The third kappa shape index (κ3) is 4.26. The first-order chi connectivity index (χ1) is 15.2. The summed E-state index contributed by atoms with van der Waals surface area (Å²) in [5.74, 6) is 0.120. The maximum atomic E-state index is 12.6. The number of ether oxygens (including phenoxy) is 1. The van der Waals surface area contributed by atoms with Gasteiger partial charge >= 0.3 is 0 Å². The molecule has 1 aromatic carbocycles. The molecule has 2 aromatic rings. The first-order valence-corrected chi connectivity index (χ1v) is 10.5. The Morgan fingerprint density at radius 1 is 1.38 bits per heavy atom. The number of benzene rings is 1. The van der Waals surface area contributed by atoms with Gasteiger partial charge in [-0.1, -0.05) is 12.2 Å². The largest absolute Gasteiger partial charge is 0.507 e. The number of β-amino-alcohol motifs (C(OH)–C–C–N with tert-alkyl or cyclic N) is 1. The van der Waals surface area contributed by atoms with Crippen molar-refractivity contribution in [3.63, 3.8) is 0 Å². The first kappa shape index (κ1) is 22.0. The van der Waals surface area contributed by atoms with Crippen molar-refractivity contribution in [1.82, 2.24) is 4.90 Å². The second-order valence-corrected chi connectivity index (χ2v) is 8.47. The van der Waals surface area contributed by atoms with Gasteiger partial charge in [0.1, 0.15) is 34.8 Å². The van der Waals surface area contributed by atoms with Gasteiger partial charge < -0.3 is 24.3 Å². The summed E-state index contributed by atoms with van der Waals surface area (Å²) < 4.78 is 11.9. The molecule has 0 bridgehead atoms. The molecular formula is C23H26N2O7. The van der Waals surface area contributed by atoms with E-state index in [4.69, 9.17) is 9.15 Å². The maximum Gasteiger partial charge on any atom is 0.235 e. The van der Waals surface area contributed by atoms with Crippen LogP contribution < -0.4 is 10.2 Å². The van der Waals surface area contributed by atoms with E-state index < -0.39 is 12.1 Å². The number of nitrogens with zero attached hydrogens (tertiary/aromatic N) is 2. The monoisotopic (exact) mass is 442 g/mol. The topological polar surface area (TPSA) is 126 Å². The molecule has 0 radical (unpaired) electrons. The second-order valence-electron chi connectivity index (χ2n) is 8.47. The number of likely N-dealkylation sites (tertiary alicyclic amines) is 1. The minimum absolute atomic E-state index is 0.0645. The van der Waals surface area contributed by atoms with Gasteiger partial charge in [-0.2, -0.15) is 0 Å². The van der Waals surface area contributed by atoms with Crippen LogP contribution in [-0.4, -0.2) is 58.9 Å². The fourth-order valence-corrected chi connectivity index (χ4v) is 4.40. The SMILES string of the molecule is Cc1cc(=O)c2c(O)cc(OCC3=CCC([N+](=O)[O-])C=C3)c(C3CCN(C)CC3O)c2o1. The van der Waals surface area contributed by atoms with Gasteiger partial charge in [-0.15, -0.1) is 0 Å². The molecule has 9 heteroatoms. The van der Waals surface area contributed by atoms with Crippen molar-refractivity contribution in [2.75, 3.05) is 26.7 Å². The fourth-order valence-electron chi connectivity index (χ4n) is 4.40. The summed E-state index contributed by atoms with van der Waals surface area (Å²) >= 11 is 0. The van der Waals surface area contributed by atoms with E-state index in [1.165, 1.54) is 18.2 Å². The van der Waals surface area contributed by atoms with Crippen LogP contribution in [0.1, 0.15) is 30.1 Å². The normalized spacial score (nSPS) is 23.8. The molecule has 2 heterocycles. The van der Waals surface area contributed by atoms with Crippen LogP contribution in [-0.2, 0) is 0 Å². The molecule has 3 unspecified atom stereocenters. The molecule has 1 saturated heterocycles. The van der Waals surface area contributed by atoms with Crippen LogP contribution in [0.25, 0.3) is 11.0 Å². The van der Waals surface area contributed by atoms with E-state index in [0.717, 1.165) is 12.1 Å². The zero-order valence-electron chi connectivity index (χ0n) is 18.0. The van der Waals surface area contributed by atoms with Gasteiger partial charge in [0.05, 0.1) is 6.10 Å². The summed E-state index contributed by atoms with van der Waals surface area (Å²) in [4.78, 5) is 25.2. The Labute approximate surface area is 184 Å². The van der Waals surface area contributed by atoms with Crippen molar-refractivity contribution in [3.8, 4) is 11.5 Å². The quantitative estimate of drug-likeness (QED) is 0.534. The van der Waals surface area contributed by atoms with E-state index in [0.29, 0.717) is 30.0 Å². The van der Waals surface area contributed by atoms with Crippen LogP contribution in [0.3, 0.4) is 0 Å². The van der Waals surface area contributed by atoms with Crippen LogP contribution >= 0.6 is 0 Å². The summed E-state index contributed by atoms with van der Waals surface area (Å²) in [6, 6.07) is 1.97. The van der Waals surface area contributed by atoms with Crippen molar-refractivity contribution in [1.29, 1.82) is 0 Å². The molecule has 0 spiro atoms. The van der Waals surface area contributed by atoms with Gasteiger partial charge in [0, 0.05) is 41.5 Å². The summed E-state index contributed by atoms with van der Waals surface area (Å²) in [7, 11) is 1.93. The molecule has 0 saturated carbocycles. The Kier molecular flexibility index (Phi) is 6.03. The van der Waals surface area contributed by atoms with E-state index in [2.05, 4.69) is 0 Å². The standard InChI is InChI=1S/C23H26N2O7/c1-13-9-17(26)22-18(27)10-20(31-12-14-3-5-15(6-4-14)25(29)30)21(23(22)32-13)16-7-8-24(2)11-19(16)28/h3-5,9-10,15-16,19,27-28H,6-8,11-12H2,1-2H3. The fraction of sp³-hybridized carbons (Fsp3) is 0.435. The molecule has 0 amide bonds. The highest BCUT2D eigenvalue weighted by Gasteiger charge is 2.33. The lowest BCUT2D eigenvalue weighted by Gasteiger charge is -2.34. The molecule has 1 fully saturated rings. The van der Waals surface area contributed by atoms with Gasteiger partial charge in [0.15, 0.2) is 5.43 Å². The second kappa shape index (κ2) is 8.76. The number of hydrogen-bond donors (Lipinski definition) is 2. The number of phenolic OH excluding ortho intramolecular Hbond substituents is 1. The average Bonchev–Trinajstić information content (AvgIpc) is 2.73. The zero-order chi connectivity index (χ0) is 23.0. The van der Waals surface area contributed by atoms with E-state index in [1.807, 2.05) is 11.9 Å². The number of nitro groups is 1. The Balaban J connectivity index is 1.74. The molecule has 4 rings (SSSR count). The van der Waals surface area contributed by atoms with Gasteiger partial charge in [-0.05, 0) is 38.6 Å². The predicted octanol–water partition coefficient (Wildman–Crippen LogP) is 2.50. The lowest BCUT2D eigenvalue weighted by molar-refractivity contribution is -0.508. The Bertz CT molecular complexity index is 1170. The third-order valence-corrected chi connectivity index (χ3v) is 6.08. The number of phenols is 1. The highest BCUT2D eigenvalue weighted by atomic mass is 16.6. The Morgan fingerprint density at radius 3 is 2.81 bits per heavy atom. The minimum Gasteiger partial charge on any atom is -0.507 e. The number of aliphatic hydroxyl groups excluding tert-OH is 1. The highest BCUT2D eigenvalue weighted by Crippen LogP contribution is 2.42. The molecule has 2 aliphatic rings. The number of aliphatic hydroxyl groups is 1. The van der Waals surface area contributed by atoms with Crippen LogP contribution in [0.4, 0.5) is 0 Å². The lowest BCUT2D eigenvalue weighted by Crippen LogP contribution is -2.40.